The van der Waals surface area contributed by atoms with Crippen molar-refractivity contribution >= 4 is 44.9 Å². The Balaban J connectivity index is 1.55. The van der Waals surface area contributed by atoms with E-state index in [-0.39, 0.29) is 16.7 Å². The number of ether oxygens (including phenoxy) is 2. The van der Waals surface area contributed by atoms with Gasteiger partial charge in [-0.05, 0) is 86.9 Å². The molecule has 0 aliphatic rings. The largest absolute Gasteiger partial charge is 0.494 e. The third kappa shape index (κ3) is 10.2. The van der Waals surface area contributed by atoms with Gasteiger partial charge >= 0.3 is 6.09 Å². The van der Waals surface area contributed by atoms with Crippen LogP contribution in [0, 0.1) is 11.6 Å². The van der Waals surface area contributed by atoms with E-state index in [1.807, 2.05) is 0 Å². The fourth-order valence-corrected chi connectivity index (χ4v) is 5.97. The molecule has 0 spiro atoms. The van der Waals surface area contributed by atoms with Gasteiger partial charge in [0, 0.05) is 28.5 Å². The van der Waals surface area contributed by atoms with Crippen LogP contribution in [0.5, 0.6) is 5.75 Å². The Bertz CT molecular complexity index is 1490. The van der Waals surface area contributed by atoms with Crippen molar-refractivity contribution in [2.75, 3.05) is 24.3 Å². The molecule has 0 saturated carbocycles. The number of thioether (sulfide) groups is 1. The van der Waals surface area contributed by atoms with Gasteiger partial charge < -0.3 is 15.2 Å². The minimum Gasteiger partial charge on any atom is -0.494 e. The average Bonchev–Trinajstić information content (AvgIpc) is 2.80. The van der Waals surface area contributed by atoms with E-state index in [0.717, 1.165) is 12.6 Å². The van der Waals surface area contributed by atoms with Crippen molar-refractivity contribution in [3.63, 3.8) is 0 Å². The molecule has 0 aliphatic carbocycles. The molecule has 216 valence electrons. The predicted octanol–water partition coefficient (Wildman–Crippen LogP) is 7.14. The van der Waals surface area contributed by atoms with Gasteiger partial charge in [0.15, 0.2) is 5.82 Å². The normalized spacial score (nSPS) is 13.0. The van der Waals surface area contributed by atoms with E-state index in [4.69, 9.17) is 26.8 Å². The molecule has 3 aromatic rings. The molecule has 1 unspecified atom stereocenters. The first-order valence-corrected chi connectivity index (χ1v) is 15.7. The molecule has 40 heavy (non-hydrogen) atoms. The van der Waals surface area contributed by atoms with Crippen molar-refractivity contribution in [1.82, 2.24) is 9.97 Å². The summed E-state index contributed by atoms with van der Waals surface area (Å²) in [4.78, 5) is 20.1. The molecule has 1 heterocycles. The van der Waals surface area contributed by atoms with E-state index in [1.54, 1.807) is 39.0 Å². The first-order valence-electron chi connectivity index (χ1n) is 12.3. The third-order valence-electron chi connectivity index (χ3n) is 5.06. The maximum Gasteiger partial charge on any atom is 0.442 e. The second kappa shape index (κ2) is 13.6. The van der Waals surface area contributed by atoms with E-state index in [0.29, 0.717) is 46.2 Å². The van der Waals surface area contributed by atoms with Crippen molar-refractivity contribution < 1.29 is 27.3 Å². The Labute approximate surface area is 242 Å². The highest BCUT2D eigenvalue weighted by atomic mass is 35.5. The lowest BCUT2D eigenvalue weighted by molar-refractivity contribution is 0.0607. The molecule has 0 aliphatic heterocycles. The number of amides is 1. The van der Waals surface area contributed by atoms with Gasteiger partial charge in [0.2, 0.25) is 5.28 Å². The van der Waals surface area contributed by atoms with Crippen LogP contribution in [0.2, 0.25) is 5.28 Å². The zero-order valence-electron chi connectivity index (χ0n) is 22.6. The van der Waals surface area contributed by atoms with Crippen LogP contribution in [0.15, 0.2) is 51.9 Å². The second-order valence-electron chi connectivity index (χ2n) is 9.97. The fourth-order valence-electron chi connectivity index (χ4n) is 3.55. The number of nitrogens with two attached hydrogens (primary N) is 1. The number of unbranched alkanes of at least 4 members (excludes halogenated alkanes) is 1. The zero-order chi connectivity index (χ0) is 29.5. The molecular weight excluding hydrogens is 582 g/mol. The molecule has 2 aromatic carbocycles. The van der Waals surface area contributed by atoms with Gasteiger partial charge in [0.25, 0.3) is 0 Å². The maximum atomic E-state index is 14.3. The molecule has 1 amide bonds. The van der Waals surface area contributed by atoms with E-state index >= 15 is 0 Å². The molecule has 3 rings (SSSR count). The Morgan fingerprint density at radius 3 is 2.65 bits per heavy atom. The van der Waals surface area contributed by atoms with E-state index < -0.39 is 33.1 Å². The Morgan fingerprint density at radius 1 is 1.18 bits per heavy atom. The van der Waals surface area contributed by atoms with Gasteiger partial charge in [-0.1, -0.05) is 0 Å². The number of rotatable bonds is 10. The van der Waals surface area contributed by atoms with Crippen LogP contribution in [-0.2, 0) is 20.2 Å². The quantitative estimate of drug-likeness (QED) is 0.111. The molecule has 0 bridgehead atoms. The Hall–Kier alpha value is -2.96. The fraction of sp³-hybridized carbons (Fsp3) is 0.370. The number of halogens is 3. The summed E-state index contributed by atoms with van der Waals surface area (Å²) in [5.41, 5.74) is 6.74. The maximum absolute atomic E-state index is 14.3. The summed E-state index contributed by atoms with van der Waals surface area (Å²) in [5, 5.41) is -0.0998. The molecule has 1 aromatic heterocycles. The number of nitrogens with zero attached hydrogens (tertiary/aromatic N) is 3. The summed E-state index contributed by atoms with van der Waals surface area (Å²) < 4.78 is 55.8. The SMILES string of the molecule is CC(C)(C)OC(=O)N=S(C)(=O)Cc1cc(N)cc(OCCCCSc2cc(F)ccc2-c2nc(Cl)ncc2F)c1. The van der Waals surface area contributed by atoms with E-state index in [1.165, 1.54) is 36.2 Å². The standard InChI is InChI=1S/C27H31ClF2N4O4S2/c1-27(2,3)38-26(35)34-40(4,36)16-17-11-19(31)14-20(12-17)37-9-5-6-10-39-23-13-18(29)7-8-21(23)24-22(30)15-32-25(28)33-24/h7-8,11-15H,5-6,9-10,16,31H2,1-4H3. The number of benzene rings is 2. The molecular formula is C27H31ClF2N4O4S2. The van der Waals surface area contributed by atoms with Crippen molar-refractivity contribution in [3.05, 3.63) is 65.1 Å². The van der Waals surface area contributed by atoms with Gasteiger partial charge in [-0.25, -0.2) is 27.8 Å². The van der Waals surface area contributed by atoms with Crippen LogP contribution in [0.4, 0.5) is 19.3 Å². The lowest BCUT2D eigenvalue weighted by Gasteiger charge is -2.17. The first-order chi connectivity index (χ1) is 18.7. The highest BCUT2D eigenvalue weighted by molar-refractivity contribution is 7.99. The van der Waals surface area contributed by atoms with Crippen molar-refractivity contribution in [1.29, 1.82) is 0 Å². The van der Waals surface area contributed by atoms with Crippen LogP contribution in [-0.4, -0.2) is 44.5 Å². The van der Waals surface area contributed by atoms with Gasteiger partial charge in [0.05, 0.1) is 28.3 Å². The molecule has 8 nitrogen and oxygen atoms in total. The predicted molar refractivity (Wildman–Crippen MR) is 155 cm³/mol. The van der Waals surface area contributed by atoms with E-state index in [9.17, 15) is 17.8 Å². The summed E-state index contributed by atoms with van der Waals surface area (Å²) in [6.07, 6.45) is 2.88. The summed E-state index contributed by atoms with van der Waals surface area (Å²) >= 11 is 7.20. The molecule has 0 fully saturated rings. The second-order valence-corrected chi connectivity index (χ2v) is 13.8. The molecule has 2 N–H and O–H groups in total. The van der Waals surface area contributed by atoms with Crippen LogP contribution in [0.25, 0.3) is 11.3 Å². The number of anilines is 1. The van der Waals surface area contributed by atoms with Gasteiger partial charge in [-0.15, -0.1) is 16.1 Å². The Kier molecular flexibility index (Phi) is 10.7. The number of hydrogen-bond acceptors (Lipinski definition) is 8. The summed E-state index contributed by atoms with van der Waals surface area (Å²) in [5.74, 6) is 0.0246. The molecule has 1 atom stereocenters. The first kappa shape index (κ1) is 31.6. The summed E-state index contributed by atoms with van der Waals surface area (Å²) in [6, 6.07) is 9.06. The van der Waals surface area contributed by atoms with Crippen LogP contribution < -0.4 is 10.5 Å². The third-order valence-corrected chi connectivity index (χ3v) is 7.79. The monoisotopic (exact) mass is 612 g/mol. The highest BCUT2D eigenvalue weighted by Crippen LogP contribution is 2.33. The number of carbonyl (C=O) groups is 1. The van der Waals surface area contributed by atoms with E-state index in [2.05, 4.69) is 14.3 Å². The molecule has 0 radical (unpaired) electrons. The number of nitrogen functional groups attached to an aromatic ring is 1. The van der Waals surface area contributed by atoms with Crippen LogP contribution in [0.3, 0.4) is 0 Å². The van der Waals surface area contributed by atoms with Gasteiger partial charge in [0.1, 0.15) is 22.9 Å². The van der Waals surface area contributed by atoms with Crippen LogP contribution in [0.1, 0.15) is 39.2 Å². The summed E-state index contributed by atoms with van der Waals surface area (Å²) in [7, 11) is -2.91. The minimum absolute atomic E-state index is 0.00160. The molecule has 13 heteroatoms. The molecule has 0 saturated heterocycles. The number of carbonyl (C=O) groups excluding carboxylic acids is 1. The minimum atomic E-state index is -2.91. The van der Waals surface area contributed by atoms with Crippen molar-refractivity contribution in [3.8, 4) is 17.0 Å². The van der Waals surface area contributed by atoms with Crippen molar-refractivity contribution in [2.24, 2.45) is 4.36 Å². The van der Waals surface area contributed by atoms with Crippen LogP contribution >= 0.6 is 23.4 Å². The number of aromatic nitrogens is 2. The van der Waals surface area contributed by atoms with Gasteiger partial charge in [-0.2, -0.15) is 0 Å². The lowest BCUT2D eigenvalue weighted by atomic mass is 10.1. The lowest BCUT2D eigenvalue weighted by Crippen LogP contribution is -2.22. The topological polar surface area (TPSA) is 117 Å². The number of hydrogen-bond donors (Lipinski definition) is 1. The van der Waals surface area contributed by atoms with Gasteiger partial charge in [-0.3, -0.25) is 0 Å². The average molecular weight is 613 g/mol. The highest BCUT2D eigenvalue weighted by Gasteiger charge is 2.18. The zero-order valence-corrected chi connectivity index (χ0v) is 25.0. The summed E-state index contributed by atoms with van der Waals surface area (Å²) in [6.45, 7) is 5.48. The van der Waals surface area contributed by atoms with Crippen molar-refractivity contribution in [2.45, 2.75) is 49.9 Å². The Morgan fingerprint density at radius 2 is 1.93 bits per heavy atom. The smallest absolute Gasteiger partial charge is 0.442 e.